The van der Waals surface area contributed by atoms with Crippen LogP contribution in [-0.2, 0) is 11.2 Å². The first kappa shape index (κ1) is 12.2. The molecule has 0 aliphatic carbocycles. The normalized spacial score (nSPS) is 9.69. The van der Waals surface area contributed by atoms with Gasteiger partial charge in [0.05, 0.1) is 18.2 Å². The number of benzene rings is 1. The maximum absolute atomic E-state index is 10.4. The van der Waals surface area contributed by atoms with Gasteiger partial charge >= 0.3 is 0 Å². The summed E-state index contributed by atoms with van der Waals surface area (Å²) >= 11 is 0. The summed E-state index contributed by atoms with van der Waals surface area (Å²) in [6.45, 7) is 0.933. The van der Waals surface area contributed by atoms with Gasteiger partial charge in [-0.25, -0.2) is 0 Å². The van der Waals surface area contributed by atoms with Crippen LogP contribution in [0, 0.1) is 11.3 Å². The summed E-state index contributed by atoms with van der Waals surface area (Å²) in [6.07, 6.45) is 1.71. The average Bonchev–Trinajstić information content (AvgIpc) is 2.29. The van der Waals surface area contributed by atoms with Crippen molar-refractivity contribution in [3.63, 3.8) is 0 Å². The third kappa shape index (κ3) is 4.11. The Kier molecular flexibility index (Phi) is 5.03. The largest absolute Gasteiger partial charge is 0.369 e. The molecule has 1 aromatic carbocycles. The SMILES string of the molecule is N#Cc1ccccc1CCCNCC(N)=O. The van der Waals surface area contributed by atoms with E-state index in [0.717, 1.165) is 30.5 Å². The van der Waals surface area contributed by atoms with E-state index < -0.39 is 0 Å². The van der Waals surface area contributed by atoms with Crippen molar-refractivity contribution in [2.24, 2.45) is 5.73 Å². The molecule has 3 N–H and O–H groups in total. The molecule has 4 nitrogen and oxygen atoms in total. The predicted molar refractivity (Wildman–Crippen MR) is 61.5 cm³/mol. The summed E-state index contributed by atoms with van der Waals surface area (Å²) < 4.78 is 0. The monoisotopic (exact) mass is 217 g/mol. The molecule has 84 valence electrons. The maximum atomic E-state index is 10.4. The second-order valence-corrected chi connectivity index (χ2v) is 3.52. The molecule has 0 spiro atoms. The molecule has 0 fully saturated rings. The van der Waals surface area contributed by atoms with Crippen LogP contribution < -0.4 is 11.1 Å². The number of primary amides is 1. The summed E-state index contributed by atoms with van der Waals surface area (Å²) in [7, 11) is 0. The van der Waals surface area contributed by atoms with Crippen molar-refractivity contribution in [1.29, 1.82) is 5.26 Å². The number of nitrogens with zero attached hydrogens (tertiary/aromatic N) is 1. The first-order chi connectivity index (χ1) is 7.74. The molecule has 1 rings (SSSR count). The second kappa shape index (κ2) is 6.59. The number of carbonyl (C=O) groups excluding carboxylic acids is 1. The van der Waals surface area contributed by atoms with Crippen molar-refractivity contribution in [2.45, 2.75) is 12.8 Å². The lowest BCUT2D eigenvalue weighted by atomic mass is 10.0. The lowest BCUT2D eigenvalue weighted by Crippen LogP contribution is -2.29. The maximum Gasteiger partial charge on any atom is 0.231 e. The summed E-state index contributed by atoms with van der Waals surface area (Å²) in [5, 5.41) is 11.8. The van der Waals surface area contributed by atoms with E-state index in [2.05, 4.69) is 11.4 Å². The fourth-order valence-corrected chi connectivity index (χ4v) is 1.46. The number of nitrogens with two attached hydrogens (primary N) is 1. The van der Waals surface area contributed by atoms with Crippen molar-refractivity contribution in [2.75, 3.05) is 13.1 Å². The molecule has 0 bridgehead atoms. The summed E-state index contributed by atoms with van der Waals surface area (Å²) in [4.78, 5) is 10.4. The first-order valence-electron chi connectivity index (χ1n) is 5.21. The predicted octanol–water partition coefficient (Wildman–Crippen LogP) is 0.566. The summed E-state index contributed by atoms with van der Waals surface area (Å²) in [6, 6.07) is 9.70. The van der Waals surface area contributed by atoms with E-state index in [1.165, 1.54) is 0 Å². The van der Waals surface area contributed by atoms with Gasteiger partial charge in [-0.3, -0.25) is 4.79 Å². The minimum absolute atomic E-state index is 0.208. The highest BCUT2D eigenvalue weighted by Gasteiger charge is 2.00. The Morgan fingerprint density at radius 2 is 2.19 bits per heavy atom. The topological polar surface area (TPSA) is 78.9 Å². The number of rotatable bonds is 6. The first-order valence-corrected chi connectivity index (χ1v) is 5.21. The van der Waals surface area contributed by atoms with E-state index in [-0.39, 0.29) is 12.5 Å². The molecule has 0 aliphatic heterocycles. The van der Waals surface area contributed by atoms with Crippen molar-refractivity contribution < 1.29 is 4.79 Å². The Hall–Kier alpha value is -1.86. The van der Waals surface area contributed by atoms with Crippen LogP contribution in [0.2, 0.25) is 0 Å². The molecule has 0 aromatic heterocycles. The van der Waals surface area contributed by atoms with E-state index in [4.69, 9.17) is 11.0 Å². The Balaban J connectivity index is 2.32. The van der Waals surface area contributed by atoms with E-state index in [1.807, 2.05) is 24.3 Å². The zero-order chi connectivity index (χ0) is 11.8. The Morgan fingerprint density at radius 3 is 2.88 bits per heavy atom. The molecule has 0 saturated carbocycles. The van der Waals surface area contributed by atoms with Gasteiger partial charge in [0.25, 0.3) is 0 Å². The van der Waals surface area contributed by atoms with Crippen molar-refractivity contribution in [1.82, 2.24) is 5.32 Å². The fourth-order valence-electron chi connectivity index (χ4n) is 1.46. The van der Waals surface area contributed by atoms with Crippen LogP contribution >= 0.6 is 0 Å². The number of hydrogen-bond acceptors (Lipinski definition) is 3. The summed E-state index contributed by atoms with van der Waals surface area (Å²) in [5.74, 6) is -0.350. The van der Waals surface area contributed by atoms with Gasteiger partial charge in [0.2, 0.25) is 5.91 Å². The van der Waals surface area contributed by atoms with Crippen LogP contribution in [0.5, 0.6) is 0 Å². The highest BCUT2D eigenvalue weighted by molar-refractivity contribution is 5.75. The van der Waals surface area contributed by atoms with Gasteiger partial charge in [-0.1, -0.05) is 18.2 Å². The lowest BCUT2D eigenvalue weighted by Gasteiger charge is -2.04. The van der Waals surface area contributed by atoms with Gasteiger partial charge < -0.3 is 11.1 Å². The molecule has 4 heteroatoms. The smallest absolute Gasteiger partial charge is 0.231 e. The van der Waals surface area contributed by atoms with Gasteiger partial charge in [0, 0.05) is 0 Å². The quantitative estimate of drug-likeness (QED) is 0.683. The van der Waals surface area contributed by atoms with Crippen LogP contribution in [-0.4, -0.2) is 19.0 Å². The van der Waals surface area contributed by atoms with Crippen molar-refractivity contribution in [3.05, 3.63) is 35.4 Å². The molecule has 0 saturated heterocycles. The number of nitrogens with one attached hydrogen (secondary N) is 1. The van der Waals surface area contributed by atoms with Gasteiger partial charge in [-0.15, -0.1) is 0 Å². The van der Waals surface area contributed by atoms with Crippen LogP contribution in [0.4, 0.5) is 0 Å². The molecule has 0 radical (unpaired) electrons. The molecule has 16 heavy (non-hydrogen) atoms. The van der Waals surface area contributed by atoms with Crippen molar-refractivity contribution >= 4 is 5.91 Å². The molecule has 0 atom stereocenters. The fraction of sp³-hybridized carbons (Fsp3) is 0.333. The van der Waals surface area contributed by atoms with Crippen LogP contribution in [0.3, 0.4) is 0 Å². The van der Waals surface area contributed by atoms with E-state index in [9.17, 15) is 4.79 Å². The number of amides is 1. The van der Waals surface area contributed by atoms with Gasteiger partial charge in [-0.05, 0) is 31.0 Å². The van der Waals surface area contributed by atoms with Gasteiger partial charge in [0.15, 0.2) is 0 Å². The zero-order valence-corrected chi connectivity index (χ0v) is 9.07. The van der Waals surface area contributed by atoms with Crippen LogP contribution in [0.25, 0.3) is 0 Å². The van der Waals surface area contributed by atoms with Gasteiger partial charge in [-0.2, -0.15) is 5.26 Å². The molecule has 0 aliphatic rings. The Bertz CT molecular complexity index is 395. The third-order valence-corrected chi connectivity index (χ3v) is 2.24. The highest BCUT2D eigenvalue weighted by Crippen LogP contribution is 2.09. The standard InChI is InChI=1S/C12H15N3O/c13-8-11-5-2-1-4-10(11)6-3-7-15-9-12(14)16/h1-2,4-5,15H,3,6-7,9H2,(H2,14,16). The average molecular weight is 217 g/mol. The van der Waals surface area contributed by atoms with E-state index in [0.29, 0.717) is 0 Å². The van der Waals surface area contributed by atoms with Gasteiger partial charge in [0.1, 0.15) is 0 Å². The number of carbonyl (C=O) groups is 1. The molecule has 0 heterocycles. The third-order valence-electron chi connectivity index (χ3n) is 2.24. The second-order valence-electron chi connectivity index (χ2n) is 3.52. The highest BCUT2D eigenvalue weighted by atomic mass is 16.1. The number of aryl methyl sites for hydroxylation is 1. The van der Waals surface area contributed by atoms with E-state index in [1.54, 1.807) is 0 Å². The molecule has 1 amide bonds. The summed E-state index contributed by atoms with van der Waals surface area (Å²) in [5.41, 5.74) is 6.75. The molecular weight excluding hydrogens is 202 g/mol. The van der Waals surface area contributed by atoms with Crippen LogP contribution in [0.1, 0.15) is 17.5 Å². The number of hydrogen-bond donors (Lipinski definition) is 2. The minimum atomic E-state index is -0.350. The van der Waals surface area contributed by atoms with E-state index >= 15 is 0 Å². The minimum Gasteiger partial charge on any atom is -0.369 e. The zero-order valence-electron chi connectivity index (χ0n) is 9.07. The Labute approximate surface area is 95.1 Å². The number of nitriles is 1. The lowest BCUT2D eigenvalue weighted by molar-refractivity contribution is -0.117. The van der Waals surface area contributed by atoms with Crippen molar-refractivity contribution in [3.8, 4) is 6.07 Å². The van der Waals surface area contributed by atoms with Crippen LogP contribution in [0.15, 0.2) is 24.3 Å². The molecular formula is C12H15N3O. The molecule has 0 unspecified atom stereocenters. The Morgan fingerprint density at radius 1 is 1.44 bits per heavy atom. The molecule has 1 aromatic rings.